The maximum absolute atomic E-state index is 13.1. The Morgan fingerprint density at radius 1 is 1.10 bits per heavy atom. The Morgan fingerprint density at radius 2 is 1.85 bits per heavy atom. The number of hydrogen-bond donors (Lipinski definition) is 2. The van der Waals surface area contributed by atoms with Gasteiger partial charge in [0.15, 0.2) is 0 Å². The summed E-state index contributed by atoms with van der Waals surface area (Å²) in [6.07, 6.45) is 1.04. The van der Waals surface area contributed by atoms with Gasteiger partial charge in [0.25, 0.3) is 0 Å². The van der Waals surface area contributed by atoms with Crippen molar-refractivity contribution in [3.05, 3.63) is 59.4 Å². The van der Waals surface area contributed by atoms with Crippen LogP contribution in [0, 0.1) is 5.82 Å². The highest BCUT2D eigenvalue weighted by Crippen LogP contribution is 2.16. The molecule has 0 saturated carbocycles. The van der Waals surface area contributed by atoms with Crippen molar-refractivity contribution in [3.63, 3.8) is 0 Å². The largest absolute Gasteiger partial charge is 0.352 e. The number of nitrogens with one attached hydrogen (secondary N) is 2. The highest BCUT2D eigenvalue weighted by atomic mass is 19.1. The summed E-state index contributed by atoms with van der Waals surface area (Å²) in [7, 11) is 0. The zero-order chi connectivity index (χ0) is 13.9. The van der Waals surface area contributed by atoms with E-state index in [1.54, 1.807) is 6.07 Å². The summed E-state index contributed by atoms with van der Waals surface area (Å²) in [5.74, 6) is 0.396. The van der Waals surface area contributed by atoms with Crippen LogP contribution in [0.3, 0.4) is 0 Å². The van der Waals surface area contributed by atoms with Gasteiger partial charge in [0.1, 0.15) is 5.82 Å². The Labute approximate surface area is 116 Å². The van der Waals surface area contributed by atoms with Crippen LogP contribution >= 0.6 is 0 Å². The fraction of sp³-hybridized carbons (Fsp3) is 0.188. The second kappa shape index (κ2) is 5.33. The molecule has 0 radical (unpaired) electrons. The Bertz CT molecular complexity index is 716. The number of hydrogen-bond acceptors (Lipinski definition) is 2. The number of benzene rings is 2. The van der Waals surface area contributed by atoms with Crippen LogP contribution in [-0.4, -0.2) is 9.97 Å². The molecule has 0 bridgehead atoms. The summed E-state index contributed by atoms with van der Waals surface area (Å²) in [5, 5.41) is 3.22. The Morgan fingerprint density at radius 3 is 2.60 bits per heavy atom. The molecule has 0 amide bonds. The summed E-state index contributed by atoms with van der Waals surface area (Å²) in [6, 6.07) is 13.0. The van der Waals surface area contributed by atoms with Gasteiger partial charge < -0.3 is 10.3 Å². The number of aromatic amines is 1. The van der Waals surface area contributed by atoms with Gasteiger partial charge in [0.05, 0.1) is 11.0 Å². The third-order valence-corrected chi connectivity index (χ3v) is 3.34. The van der Waals surface area contributed by atoms with Gasteiger partial charge >= 0.3 is 0 Å². The van der Waals surface area contributed by atoms with Crippen molar-refractivity contribution in [2.75, 3.05) is 5.32 Å². The third kappa shape index (κ3) is 2.64. The van der Waals surface area contributed by atoms with E-state index >= 15 is 0 Å². The van der Waals surface area contributed by atoms with Gasteiger partial charge in [-0.25, -0.2) is 9.37 Å². The molecule has 0 aliphatic rings. The highest BCUT2D eigenvalue weighted by Gasteiger charge is 2.03. The average Bonchev–Trinajstić information content (AvgIpc) is 2.87. The summed E-state index contributed by atoms with van der Waals surface area (Å²) >= 11 is 0. The molecule has 0 atom stereocenters. The molecule has 3 rings (SSSR count). The van der Waals surface area contributed by atoms with Crippen LogP contribution in [0.4, 0.5) is 10.3 Å². The minimum absolute atomic E-state index is 0.261. The van der Waals surface area contributed by atoms with E-state index in [1.165, 1.54) is 23.3 Å². The molecule has 3 nitrogen and oxygen atoms in total. The fourth-order valence-electron chi connectivity index (χ4n) is 2.14. The molecule has 0 unspecified atom stereocenters. The number of halogens is 1. The quantitative estimate of drug-likeness (QED) is 0.754. The lowest BCUT2D eigenvalue weighted by molar-refractivity contribution is 0.629. The maximum Gasteiger partial charge on any atom is 0.201 e. The molecule has 2 aromatic carbocycles. The van der Waals surface area contributed by atoms with Gasteiger partial charge in [-0.05, 0) is 35.7 Å². The second-order valence-corrected chi connectivity index (χ2v) is 4.77. The Balaban J connectivity index is 1.72. The van der Waals surface area contributed by atoms with Crippen molar-refractivity contribution in [2.45, 2.75) is 19.9 Å². The molecule has 0 fully saturated rings. The summed E-state index contributed by atoms with van der Waals surface area (Å²) in [5.41, 5.74) is 3.98. The predicted octanol–water partition coefficient (Wildman–Crippen LogP) is 3.88. The zero-order valence-electron chi connectivity index (χ0n) is 11.3. The third-order valence-electron chi connectivity index (χ3n) is 3.34. The van der Waals surface area contributed by atoms with Crippen LogP contribution in [0.5, 0.6) is 0 Å². The molecule has 1 heterocycles. The average molecular weight is 269 g/mol. The van der Waals surface area contributed by atoms with E-state index in [-0.39, 0.29) is 5.82 Å². The fourth-order valence-corrected chi connectivity index (χ4v) is 2.14. The molecular formula is C16H16FN3. The zero-order valence-corrected chi connectivity index (χ0v) is 11.3. The van der Waals surface area contributed by atoms with Crippen molar-refractivity contribution >= 4 is 17.0 Å². The first-order valence-electron chi connectivity index (χ1n) is 6.71. The van der Waals surface area contributed by atoms with Crippen LogP contribution < -0.4 is 5.32 Å². The number of rotatable bonds is 4. The van der Waals surface area contributed by atoms with Crippen molar-refractivity contribution < 1.29 is 4.39 Å². The molecule has 102 valence electrons. The van der Waals surface area contributed by atoms with Crippen LogP contribution in [-0.2, 0) is 13.0 Å². The van der Waals surface area contributed by atoms with E-state index in [1.807, 2.05) is 0 Å². The maximum atomic E-state index is 13.1. The minimum atomic E-state index is -0.261. The van der Waals surface area contributed by atoms with Gasteiger partial charge in [-0.3, -0.25) is 0 Å². The summed E-state index contributed by atoms with van der Waals surface area (Å²) < 4.78 is 13.1. The molecule has 4 heteroatoms. The van der Waals surface area contributed by atoms with Crippen molar-refractivity contribution in [2.24, 2.45) is 0 Å². The molecule has 0 saturated heterocycles. The first-order valence-corrected chi connectivity index (χ1v) is 6.71. The van der Waals surface area contributed by atoms with Crippen LogP contribution in [0.2, 0.25) is 0 Å². The molecule has 0 spiro atoms. The SMILES string of the molecule is CCc1ccc(CNc2nc3ccc(F)cc3[nH]2)cc1. The van der Waals surface area contributed by atoms with Gasteiger partial charge in [-0.1, -0.05) is 31.2 Å². The van der Waals surface area contributed by atoms with Crippen LogP contribution in [0.15, 0.2) is 42.5 Å². The van der Waals surface area contributed by atoms with E-state index in [9.17, 15) is 4.39 Å². The van der Waals surface area contributed by atoms with Crippen LogP contribution in [0.25, 0.3) is 11.0 Å². The smallest absolute Gasteiger partial charge is 0.201 e. The molecule has 3 aromatic rings. The van der Waals surface area contributed by atoms with Crippen LogP contribution in [0.1, 0.15) is 18.1 Å². The minimum Gasteiger partial charge on any atom is -0.352 e. The van der Waals surface area contributed by atoms with Gasteiger partial charge in [0.2, 0.25) is 5.95 Å². The lowest BCUT2D eigenvalue weighted by Crippen LogP contribution is -2.00. The lowest BCUT2D eigenvalue weighted by Gasteiger charge is -2.04. The molecular weight excluding hydrogens is 253 g/mol. The Kier molecular flexibility index (Phi) is 3.37. The number of aryl methyl sites for hydroxylation is 1. The van der Waals surface area contributed by atoms with Crippen molar-refractivity contribution in [3.8, 4) is 0 Å². The summed E-state index contributed by atoms with van der Waals surface area (Å²) in [6.45, 7) is 2.83. The monoisotopic (exact) mass is 269 g/mol. The summed E-state index contributed by atoms with van der Waals surface area (Å²) in [4.78, 5) is 7.44. The van der Waals surface area contributed by atoms with E-state index in [0.717, 1.165) is 11.9 Å². The molecule has 0 aliphatic heterocycles. The lowest BCUT2D eigenvalue weighted by atomic mass is 10.1. The standard InChI is InChI=1S/C16H16FN3/c1-2-11-3-5-12(6-4-11)10-18-16-19-14-8-7-13(17)9-15(14)20-16/h3-9H,2,10H2,1H3,(H2,18,19,20). The first kappa shape index (κ1) is 12.7. The first-order chi connectivity index (χ1) is 9.74. The highest BCUT2D eigenvalue weighted by molar-refractivity contribution is 5.77. The molecule has 2 N–H and O–H groups in total. The van der Waals surface area contributed by atoms with E-state index in [2.05, 4.69) is 46.5 Å². The van der Waals surface area contributed by atoms with E-state index < -0.39 is 0 Å². The number of nitrogens with zero attached hydrogens (tertiary/aromatic N) is 1. The number of aromatic nitrogens is 2. The molecule has 0 aliphatic carbocycles. The van der Waals surface area contributed by atoms with Crippen molar-refractivity contribution in [1.29, 1.82) is 0 Å². The van der Waals surface area contributed by atoms with Gasteiger partial charge in [-0.15, -0.1) is 0 Å². The predicted molar refractivity (Wildman–Crippen MR) is 79.2 cm³/mol. The Hall–Kier alpha value is -2.36. The number of fused-ring (bicyclic) bond motifs is 1. The normalized spacial score (nSPS) is 10.9. The van der Waals surface area contributed by atoms with Gasteiger partial charge in [0, 0.05) is 6.54 Å². The number of imidazole rings is 1. The van der Waals surface area contributed by atoms with Gasteiger partial charge in [-0.2, -0.15) is 0 Å². The molecule has 20 heavy (non-hydrogen) atoms. The molecule has 1 aromatic heterocycles. The topological polar surface area (TPSA) is 40.7 Å². The van der Waals surface area contributed by atoms with Crippen molar-refractivity contribution in [1.82, 2.24) is 9.97 Å². The number of anilines is 1. The van der Waals surface area contributed by atoms with E-state index in [0.29, 0.717) is 18.0 Å². The number of H-pyrrole nitrogens is 1. The second-order valence-electron chi connectivity index (χ2n) is 4.77. The van der Waals surface area contributed by atoms with E-state index in [4.69, 9.17) is 0 Å².